The third-order valence-corrected chi connectivity index (χ3v) is 5.09. The summed E-state index contributed by atoms with van der Waals surface area (Å²) >= 11 is 6.01. The van der Waals surface area contributed by atoms with Crippen molar-refractivity contribution in [3.63, 3.8) is 0 Å². The zero-order valence-corrected chi connectivity index (χ0v) is 16.6. The van der Waals surface area contributed by atoms with E-state index in [-0.39, 0.29) is 23.8 Å². The van der Waals surface area contributed by atoms with Crippen molar-refractivity contribution in [3.8, 4) is 0 Å². The van der Waals surface area contributed by atoms with Crippen LogP contribution in [0.4, 0.5) is 0 Å². The van der Waals surface area contributed by atoms with Gasteiger partial charge < -0.3 is 19.7 Å². The molecule has 2 heterocycles. The predicted octanol–water partition coefficient (Wildman–Crippen LogP) is 2.13. The smallest absolute Gasteiger partial charge is 0.337 e. The summed E-state index contributed by atoms with van der Waals surface area (Å²) in [5, 5.41) is 3.27. The number of piperazine rings is 1. The molecule has 2 aliphatic heterocycles. The molecule has 28 heavy (non-hydrogen) atoms. The first kappa shape index (κ1) is 19.9. The van der Waals surface area contributed by atoms with Gasteiger partial charge >= 0.3 is 11.9 Å². The minimum absolute atomic E-state index is 0.107. The monoisotopic (exact) mass is 404 g/mol. The molecule has 0 radical (unpaired) electrons. The number of rotatable bonds is 4. The van der Waals surface area contributed by atoms with Gasteiger partial charge in [-0.15, -0.1) is 0 Å². The Bertz CT molecular complexity index is 888. The van der Waals surface area contributed by atoms with Gasteiger partial charge in [-0.3, -0.25) is 4.79 Å². The van der Waals surface area contributed by atoms with Gasteiger partial charge in [-0.2, -0.15) is 0 Å². The first-order valence-corrected chi connectivity index (χ1v) is 9.30. The fourth-order valence-electron chi connectivity index (χ4n) is 3.63. The van der Waals surface area contributed by atoms with Crippen molar-refractivity contribution in [2.24, 2.45) is 0 Å². The second kappa shape index (κ2) is 8.06. The lowest BCUT2D eigenvalue weighted by atomic mass is 9.79. The summed E-state index contributed by atoms with van der Waals surface area (Å²) in [5.41, 5.74) is 1.83. The number of halogens is 1. The van der Waals surface area contributed by atoms with E-state index < -0.39 is 17.9 Å². The molecule has 148 valence electrons. The lowest BCUT2D eigenvalue weighted by molar-refractivity contribution is -0.139. The fourth-order valence-corrected chi connectivity index (χ4v) is 3.75. The van der Waals surface area contributed by atoms with Crippen molar-refractivity contribution in [1.29, 1.82) is 0 Å². The van der Waals surface area contributed by atoms with E-state index in [1.54, 1.807) is 43.0 Å². The molecule has 7 nitrogen and oxygen atoms in total. The highest BCUT2D eigenvalue weighted by Gasteiger charge is 2.44. The molecule has 1 atom stereocenters. The maximum Gasteiger partial charge on any atom is 0.337 e. The maximum atomic E-state index is 12.9. The predicted molar refractivity (Wildman–Crippen MR) is 102 cm³/mol. The van der Waals surface area contributed by atoms with Gasteiger partial charge in [-0.25, -0.2) is 9.59 Å². The summed E-state index contributed by atoms with van der Waals surface area (Å²) in [5.74, 6) is -2.40. The van der Waals surface area contributed by atoms with Crippen LogP contribution in [0.5, 0.6) is 0 Å². The van der Waals surface area contributed by atoms with E-state index in [2.05, 4.69) is 5.32 Å². The second-order valence-corrected chi connectivity index (χ2v) is 6.80. The van der Waals surface area contributed by atoms with Crippen molar-refractivity contribution in [1.82, 2.24) is 10.2 Å². The summed E-state index contributed by atoms with van der Waals surface area (Å²) in [7, 11) is 1.25. The van der Waals surface area contributed by atoms with Gasteiger partial charge in [-0.1, -0.05) is 23.7 Å². The Balaban J connectivity index is 2.29. The molecular weight excluding hydrogens is 384 g/mol. The Kier molecular flexibility index (Phi) is 5.74. The van der Waals surface area contributed by atoms with Crippen molar-refractivity contribution in [3.05, 3.63) is 57.4 Å². The molecule has 1 saturated heterocycles. The Labute approximate surface area is 167 Å². The first-order chi connectivity index (χ1) is 13.4. The largest absolute Gasteiger partial charge is 0.466 e. The highest BCUT2D eigenvalue weighted by atomic mass is 35.5. The minimum atomic E-state index is -0.807. The average Bonchev–Trinajstić information content (AvgIpc) is 2.68. The number of allylic oxidation sites excluding steroid dienone is 1. The minimum Gasteiger partial charge on any atom is -0.466 e. The number of amides is 1. The molecule has 1 amide bonds. The molecule has 0 aromatic heterocycles. The highest BCUT2D eigenvalue weighted by molar-refractivity contribution is 6.30. The van der Waals surface area contributed by atoms with E-state index >= 15 is 0 Å². The number of fused-ring (bicyclic) bond motifs is 1. The third kappa shape index (κ3) is 3.38. The Hall–Kier alpha value is -2.80. The number of benzene rings is 1. The number of carbonyl (C=O) groups is 3. The topological polar surface area (TPSA) is 84.9 Å². The number of esters is 2. The van der Waals surface area contributed by atoms with Crippen LogP contribution in [0.1, 0.15) is 25.3 Å². The van der Waals surface area contributed by atoms with Crippen molar-refractivity contribution >= 4 is 29.4 Å². The van der Waals surface area contributed by atoms with Gasteiger partial charge in [0.25, 0.3) is 5.91 Å². The Morgan fingerprint density at radius 2 is 1.89 bits per heavy atom. The van der Waals surface area contributed by atoms with Gasteiger partial charge in [0.2, 0.25) is 0 Å². The summed E-state index contributed by atoms with van der Waals surface area (Å²) < 4.78 is 10.3. The van der Waals surface area contributed by atoms with Crippen LogP contribution in [0.15, 0.2) is 46.8 Å². The standard InChI is InChI=1S/C20H21ClN2O5/c1-4-28-20(26)14-11(2)23-10-9-22-18(24)17(23)16(19(25)27-3)15(14)12-5-7-13(21)8-6-12/h5-8,15H,4,9-10H2,1-3H3,(H,22,24). The number of carbonyl (C=O) groups excluding carboxylic acids is 3. The van der Waals surface area contributed by atoms with E-state index in [0.29, 0.717) is 34.9 Å². The number of hydrogen-bond acceptors (Lipinski definition) is 6. The molecular formula is C20H21ClN2O5. The zero-order chi connectivity index (χ0) is 20.4. The number of methoxy groups -OCH3 is 1. The quantitative estimate of drug-likeness (QED) is 0.774. The van der Waals surface area contributed by atoms with Gasteiger partial charge in [0, 0.05) is 23.8 Å². The van der Waals surface area contributed by atoms with Crippen molar-refractivity contribution in [2.45, 2.75) is 19.8 Å². The van der Waals surface area contributed by atoms with Crippen molar-refractivity contribution in [2.75, 3.05) is 26.8 Å². The van der Waals surface area contributed by atoms with Crippen LogP contribution in [-0.4, -0.2) is 49.6 Å². The molecule has 0 bridgehead atoms. The molecule has 1 N–H and O–H groups in total. The Morgan fingerprint density at radius 1 is 1.21 bits per heavy atom. The summed E-state index contributed by atoms with van der Waals surface area (Å²) in [6.45, 7) is 4.49. The number of hydrogen-bond donors (Lipinski definition) is 1. The van der Waals surface area contributed by atoms with Crippen LogP contribution in [0, 0.1) is 0 Å². The third-order valence-electron chi connectivity index (χ3n) is 4.84. The highest BCUT2D eigenvalue weighted by Crippen LogP contribution is 2.43. The molecule has 0 spiro atoms. The van der Waals surface area contributed by atoms with Crippen LogP contribution in [0.3, 0.4) is 0 Å². The van der Waals surface area contributed by atoms with Crippen molar-refractivity contribution < 1.29 is 23.9 Å². The molecule has 1 aromatic carbocycles. The Morgan fingerprint density at radius 3 is 2.50 bits per heavy atom. The fraction of sp³-hybridized carbons (Fsp3) is 0.350. The number of ether oxygens (including phenoxy) is 2. The summed E-state index contributed by atoms with van der Waals surface area (Å²) in [6, 6.07) is 6.78. The lowest BCUT2D eigenvalue weighted by Gasteiger charge is -2.40. The molecule has 1 fully saturated rings. The molecule has 0 aliphatic carbocycles. The number of nitrogens with zero attached hydrogens (tertiary/aromatic N) is 1. The van der Waals surface area contributed by atoms with Crippen LogP contribution in [0.2, 0.25) is 5.02 Å². The lowest BCUT2D eigenvalue weighted by Crippen LogP contribution is -2.49. The van der Waals surface area contributed by atoms with Crippen LogP contribution in [0.25, 0.3) is 0 Å². The van der Waals surface area contributed by atoms with E-state index in [4.69, 9.17) is 21.1 Å². The van der Waals surface area contributed by atoms with Gasteiger partial charge in [0.05, 0.1) is 30.8 Å². The first-order valence-electron chi connectivity index (χ1n) is 8.92. The zero-order valence-electron chi connectivity index (χ0n) is 15.9. The SMILES string of the molecule is CCOC(=O)C1=C(C)N2CCNC(=O)C2=C(C(=O)OC)C1c1ccc(Cl)cc1. The second-order valence-electron chi connectivity index (χ2n) is 6.37. The molecule has 0 saturated carbocycles. The molecule has 2 aliphatic rings. The van der Waals surface area contributed by atoms with E-state index in [1.165, 1.54) is 7.11 Å². The summed E-state index contributed by atoms with van der Waals surface area (Å²) in [6.07, 6.45) is 0. The number of nitrogens with one attached hydrogen (secondary N) is 1. The molecule has 1 aromatic rings. The van der Waals surface area contributed by atoms with Crippen LogP contribution >= 0.6 is 11.6 Å². The van der Waals surface area contributed by atoms with Gasteiger partial charge in [-0.05, 0) is 31.5 Å². The average molecular weight is 405 g/mol. The van der Waals surface area contributed by atoms with Crippen LogP contribution in [-0.2, 0) is 23.9 Å². The van der Waals surface area contributed by atoms with E-state index in [0.717, 1.165) is 0 Å². The summed E-state index contributed by atoms with van der Waals surface area (Å²) in [4.78, 5) is 40.0. The molecule has 1 unspecified atom stereocenters. The van der Waals surface area contributed by atoms with E-state index in [1.807, 2.05) is 0 Å². The molecule has 3 rings (SSSR count). The van der Waals surface area contributed by atoms with Crippen LogP contribution < -0.4 is 5.32 Å². The van der Waals surface area contributed by atoms with E-state index in [9.17, 15) is 14.4 Å². The van der Waals surface area contributed by atoms with Gasteiger partial charge in [0.1, 0.15) is 5.70 Å². The normalized spacial score (nSPS) is 19.2. The molecule has 8 heteroatoms. The van der Waals surface area contributed by atoms with Gasteiger partial charge in [0.15, 0.2) is 0 Å². The maximum absolute atomic E-state index is 12.9.